The van der Waals surface area contributed by atoms with Crippen LogP contribution in [0.2, 0.25) is 0 Å². The van der Waals surface area contributed by atoms with Gasteiger partial charge >= 0.3 is 0 Å². The molecule has 0 bridgehead atoms. The van der Waals surface area contributed by atoms with E-state index >= 15 is 0 Å². The molecule has 0 saturated carbocycles. The SMILES string of the molecule is BNc1c(C)c(=N)c(=N)c(=N)c(=N)c(=N)c1=N. The molecule has 7 N–H and O–H groups in total. The molecular weight excluding hydrogens is 217 g/mol. The summed E-state index contributed by atoms with van der Waals surface area (Å²) in [7, 11) is 1.55. The van der Waals surface area contributed by atoms with Crippen molar-refractivity contribution in [2.45, 2.75) is 6.92 Å². The van der Waals surface area contributed by atoms with Crippen molar-refractivity contribution < 1.29 is 0 Å². The molecule has 1 aromatic rings. The molecule has 1 aromatic carbocycles. The van der Waals surface area contributed by atoms with Gasteiger partial charge in [0.1, 0.15) is 26.8 Å². The third-order valence-electron chi connectivity index (χ3n) is 2.50. The van der Waals surface area contributed by atoms with E-state index in [2.05, 4.69) is 5.23 Å². The van der Waals surface area contributed by atoms with E-state index in [1.54, 1.807) is 14.9 Å². The molecule has 1 rings (SSSR count). The summed E-state index contributed by atoms with van der Waals surface area (Å²) in [5.74, 6) is 0. The lowest BCUT2D eigenvalue weighted by molar-refractivity contribution is 0.962. The Balaban J connectivity index is 4.48. The first-order chi connectivity index (χ1) is 7.82. The molecule has 0 fully saturated rings. The lowest BCUT2D eigenvalue weighted by atomic mass is 10.1. The Kier molecular flexibility index (Phi) is 3.17. The fraction of sp³-hybridized carbons (Fsp3) is 0.111. The average molecular weight is 229 g/mol. The lowest BCUT2D eigenvalue weighted by Crippen LogP contribution is -2.54. The van der Waals surface area contributed by atoms with E-state index in [4.69, 9.17) is 32.5 Å². The van der Waals surface area contributed by atoms with E-state index in [0.29, 0.717) is 5.56 Å². The Labute approximate surface area is 96.7 Å². The highest BCUT2D eigenvalue weighted by Gasteiger charge is 2.03. The highest BCUT2D eigenvalue weighted by molar-refractivity contribution is 6.16. The Morgan fingerprint density at radius 1 is 0.706 bits per heavy atom. The van der Waals surface area contributed by atoms with Crippen molar-refractivity contribution >= 4 is 13.7 Å². The van der Waals surface area contributed by atoms with Crippen molar-refractivity contribution in [2.24, 2.45) is 0 Å². The number of nitrogens with one attached hydrogen (secondary N) is 7. The van der Waals surface area contributed by atoms with Crippen LogP contribution in [0.5, 0.6) is 0 Å². The number of hydrogen-bond acceptors (Lipinski definition) is 7. The van der Waals surface area contributed by atoms with Crippen LogP contribution in [0.25, 0.3) is 0 Å². The van der Waals surface area contributed by atoms with Gasteiger partial charge in [-0.05, 0) is 6.92 Å². The molecule has 0 aliphatic carbocycles. The van der Waals surface area contributed by atoms with Crippen molar-refractivity contribution in [1.82, 2.24) is 0 Å². The largest absolute Gasteiger partial charge is 0.432 e. The Hall–Kier alpha value is -2.38. The molecule has 17 heavy (non-hydrogen) atoms. The first-order valence-electron chi connectivity index (χ1n) is 4.75. The summed E-state index contributed by atoms with van der Waals surface area (Å²) in [6.07, 6.45) is 0. The minimum Gasteiger partial charge on any atom is -0.432 e. The minimum atomic E-state index is -0.509. The van der Waals surface area contributed by atoms with E-state index in [0.717, 1.165) is 0 Å². The zero-order valence-corrected chi connectivity index (χ0v) is 9.50. The second-order valence-electron chi connectivity index (χ2n) is 3.50. The topological polar surface area (TPSA) is 155 Å². The molecule has 86 valence electrons. The quantitative estimate of drug-likeness (QED) is 0.248. The summed E-state index contributed by atoms with van der Waals surface area (Å²) in [6, 6.07) is 0. The molecule has 0 aliphatic heterocycles. The van der Waals surface area contributed by atoms with Gasteiger partial charge in [0.05, 0.1) is 11.0 Å². The van der Waals surface area contributed by atoms with E-state index in [1.807, 2.05) is 0 Å². The zero-order valence-electron chi connectivity index (χ0n) is 9.50. The van der Waals surface area contributed by atoms with Crippen molar-refractivity contribution in [1.29, 1.82) is 32.5 Å². The van der Waals surface area contributed by atoms with E-state index in [1.165, 1.54) is 0 Å². The highest BCUT2D eigenvalue weighted by atomic mass is 14.8. The van der Waals surface area contributed by atoms with Crippen LogP contribution in [0.15, 0.2) is 0 Å². The van der Waals surface area contributed by atoms with Gasteiger partial charge in [-0.3, -0.25) is 32.5 Å². The zero-order chi connectivity index (χ0) is 13.3. The van der Waals surface area contributed by atoms with Crippen LogP contribution in [0.3, 0.4) is 0 Å². The molecule has 7 nitrogen and oxygen atoms in total. The maximum atomic E-state index is 7.75. The van der Waals surface area contributed by atoms with E-state index in [9.17, 15) is 0 Å². The lowest BCUT2D eigenvalue weighted by Gasteiger charge is -2.02. The fourth-order valence-corrected chi connectivity index (χ4v) is 1.44. The average Bonchev–Trinajstić information content (AvgIpc) is 2.33. The smallest absolute Gasteiger partial charge is 0.214 e. The summed E-state index contributed by atoms with van der Waals surface area (Å²) >= 11 is 0. The van der Waals surface area contributed by atoms with Gasteiger partial charge in [-0.25, -0.2) is 0 Å². The van der Waals surface area contributed by atoms with Gasteiger partial charge in [0, 0.05) is 5.56 Å². The van der Waals surface area contributed by atoms with Gasteiger partial charge in [0.2, 0.25) is 7.98 Å². The first-order valence-corrected chi connectivity index (χ1v) is 4.75. The fourth-order valence-electron chi connectivity index (χ4n) is 1.44. The van der Waals surface area contributed by atoms with Crippen molar-refractivity contribution in [3.05, 3.63) is 37.7 Å². The highest BCUT2D eigenvalue weighted by Crippen LogP contribution is 1.95. The maximum Gasteiger partial charge on any atom is 0.214 e. The summed E-state index contributed by atoms with van der Waals surface area (Å²) in [5, 5.41) is 46.2. The maximum absolute atomic E-state index is 7.75. The van der Waals surface area contributed by atoms with Crippen LogP contribution in [-0.4, -0.2) is 7.98 Å². The first kappa shape index (κ1) is 12.7. The molecule has 0 aliphatic rings. The summed E-state index contributed by atoms with van der Waals surface area (Å²) < 4.78 is 0. The number of rotatable bonds is 1. The van der Waals surface area contributed by atoms with Crippen LogP contribution in [-0.2, 0) is 0 Å². The van der Waals surface area contributed by atoms with Crippen molar-refractivity contribution in [3.63, 3.8) is 0 Å². The predicted octanol–water partition coefficient (Wildman–Crippen LogP) is -3.29. The number of hydrogen-bond donors (Lipinski definition) is 7. The summed E-state index contributed by atoms with van der Waals surface area (Å²) in [6.45, 7) is 1.55. The second-order valence-corrected chi connectivity index (χ2v) is 3.50. The third-order valence-corrected chi connectivity index (χ3v) is 2.50. The van der Waals surface area contributed by atoms with Gasteiger partial charge in [-0.2, -0.15) is 0 Å². The van der Waals surface area contributed by atoms with Gasteiger partial charge < -0.3 is 5.23 Å². The van der Waals surface area contributed by atoms with E-state index < -0.39 is 21.4 Å². The van der Waals surface area contributed by atoms with Gasteiger partial charge in [0.15, 0.2) is 0 Å². The van der Waals surface area contributed by atoms with Crippen LogP contribution in [0.1, 0.15) is 5.56 Å². The minimum absolute atomic E-state index is 0.207. The molecule has 0 atom stereocenters. The molecule has 0 radical (unpaired) electrons. The molecule has 0 unspecified atom stereocenters. The Morgan fingerprint density at radius 2 is 1.06 bits per heavy atom. The normalized spacial score (nSPS) is 9.94. The Bertz CT molecular complexity index is 802. The molecule has 0 saturated heterocycles. The van der Waals surface area contributed by atoms with Crippen LogP contribution in [0.4, 0.5) is 5.69 Å². The molecular formula is C9H12BN7. The van der Waals surface area contributed by atoms with Crippen LogP contribution < -0.4 is 37.4 Å². The molecule has 0 amide bonds. The van der Waals surface area contributed by atoms with Crippen molar-refractivity contribution in [3.8, 4) is 0 Å². The van der Waals surface area contributed by atoms with Crippen LogP contribution >= 0.6 is 0 Å². The van der Waals surface area contributed by atoms with Gasteiger partial charge in [-0.1, -0.05) is 0 Å². The third kappa shape index (κ3) is 1.84. The predicted molar refractivity (Wildman–Crippen MR) is 60.8 cm³/mol. The van der Waals surface area contributed by atoms with E-state index in [-0.39, 0.29) is 16.4 Å². The van der Waals surface area contributed by atoms with Gasteiger partial charge in [0.25, 0.3) is 0 Å². The van der Waals surface area contributed by atoms with Crippen molar-refractivity contribution in [2.75, 3.05) is 5.23 Å². The molecule has 8 heteroatoms. The number of anilines is 1. The Morgan fingerprint density at radius 3 is 1.47 bits per heavy atom. The molecule has 0 spiro atoms. The standard InChI is InChI=1S/C9H12BN7/c1-2-3(11)4(12)5(13)6(14)7(15)8(16)9(2)17-10/h11-17H,10H2,1H3. The molecule has 0 heterocycles. The van der Waals surface area contributed by atoms with Gasteiger partial charge in [-0.15, -0.1) is 0 Å². The monoisotopic (exact) mass is 229 g/mol. The van der Waals surface area contributed by atoms with Crippen LogP contribution in [0, 0.1) is 39.4 Å². The molecule has 0 aromatic heterocycles. The second kappa shape index (κ2) is 4.24. The summed E-state index contributed by atoms with van der Waals surface area (Å²) in [5.41, 5.74) is 0.562. The summed E-state index contributed by atoms with van der Waals surface area (Å²) in [4.78, 5) is 0.